The number of carbonyl (C=O) groups is 1. The number of hydrogen-bond acceptors (Lipinski definition) is 2. The molecule has 3 heteroatoms. The van der Waals surface area contributed by atoms with E-state index in [0.717, 1.165) is 0 Å². The number of carboxylic acid groups (broad SMARTS) is 1. The van der Waals surface area contributed by atoms with Crippen molar-refractivity contribution < 1.29 is 9.90 Å². The van der Waals surface area contributed by atoms with Crippen molar-refractivity contribution in [1.82, 2.24) is 0 Å². The van der Waals surface area contributed by atoms with Crippen LogP contribution in [0.3, 0.4) is 0 Å². The molecule has 0 aliphatic rings. The van der Waals surface area contributed by atoms with E-state index in [9.17, 15) is 4.79 Å². The average Bonchev–Trinajstić information content (AvgIpc) is 1.35. The third-order valence-electron chi connectivity index (χ3n) is 0.230. The fourth-order valence-electron chi connectivity index (χ4n) is 0.0676. The Morgan fingerprint density at radius 3 is 2.50 bits per heavy atom. The second-order valence-corrected chi connectivity index (χ2v) is 0.729. The van der Waals surface area contributed by atoms with E-state index in [0.29, 0.717) is 0 Å². The van der Waals surface area contributed by atoms with E-state index in [4.69, 9.17) is 10.4 Å². The molecule has 0 fully saturated rings. The van der Waals surface area contributed by atoms with Crippen LogP contribution in [0.25, 0.3) is 0 Å². The number of carboxylic acids is 1. The van der Waals surface area contributed by atoms with Gasteiger partial charge < -0.3 is 5.11 Å². The lowest BCUT2D eigenvalue weighted by Crippen LogP contribution is -1.88. The number of rotatable bonds is 1. The van der Waals surface area contributed by atoms with E-state index >= 15 is 0 Å². The summed E-state index contributed by atoms with van der Waals surface area (Å²) in [5.41, 5.74) is 0. The van der Waals surface area contributed by atoms with Crippen molar-refractivity contribution in [2.24, 2.45) is 0 Å². The van der Waals surface area contributed by atoms with Gasteiger partial charge in [-0.05, 0) is 0 Å². The molecule has 6 heavy (non-hydrogen) atoms. The van der Waals surface area contributed by atoms with E-state index in [1.54, 1.807) is 0 Å². The zero-order chi connectivity index (χ0) is 4.99. The van der Waals surface area contributed by atoms with Gasteiger partial charge in [0, 0.05) is 0 Å². The first kappa shape index (κ1) is 4.96. The first-order valence-corrected chi connectivity index (χ1v) is 1.36. The molecular formula is C3H3NO2. The highest BCUT2D eigenvalue weighted by molar-refractivity contribution is 5.69. The van der Waals surface area contributed by atoms with Gasteiger partial charge in [-0.2, -0.15) is 5.26 Å². The molecule has 0 aliphatic carbocycles. The Bertz CT molecular complexity index is 91.5. The lowest BCUT2D eigenvalue weighted by atomic mass is 10.9. The van der Waals surface area contributed by atoms with Crippen LogP contribution in [-0.4, -0.2) is 11.1 Å². The van der Waals surface area contributed by atoms with Crippen LogP contribution in [0.2, 0.25) is 0 Å². The summed E-state index contributed by atoms with van der Waals surface area (Å²) >= 11 is 0. The minimum Gasteiger partial charge on any atom is -0.480 e. The maximum atomic E-state index is 9.38. The average molecular weight is 86.1 g/mol. The van der Waals surface area contributed by atoms with Crippen molar-refractivity contribution in [3.05, 3.63) is 0 Å². The Balaban J connectivity index is 3.13. The molecule has 0 aromatic carbocycles. The van der Waals surface area contributed by atoms with Gasteiger partial charge in [0.1, 0.15) is 6.42 Å². The number of aliphatic carboxylic acids is 1. The standard InChI is InChI=1S/C3H3NO2/c4-2-1-3(5)6/h1H2,(H,5,6)/i1+1. The Morgan fingerprint density at radius 1 is 2.00 bits per heavy atom. The molecular weight excluding hydrogens is 83.0 g/mol. The van der Waals surface area contributed by atoms with E-state index in [1.807, 2.05) is 0 Å². The molecule has 0 aliphatic heterocycles. The summed E-state index contributed by atoms with van der Waals surface area (Å²) in [6.07, 6.45) is -0.403. The Labute approximate surface area is 34.8 Å². The maximum absolute atomic E-state index is 9.38. The van der Waals surface area contributed by atoms with E-state index < -0.39 is 12.4 Å². The molecule has 0 radical (unpaired) electrons. The third kappa shape index (κ3) is 2.96. The van der Waals surface area contributed by atoms with Crippen LogP contribution in [0.5, 0.6) is 0 Å². The first-order chi connectivity index (χ1) is 2.77. The van der Waals surface area contributed by atoms with Crippen LogP contribution < -0.4 is 0 Å². The zero-order valence-corrected chi connectivity index (χ0v) is 3.01. The van der Waals surface area contributed by atoms with Crippen LogP contribution in [0.1, 0.15) is 6.42 Å². The van der Waals surface area contributed by atoms with Gasteiger partial charge in [-0.25, -0.2) is 0 Å². The molecule has 3 nitrogen and oxygen atoms in total. The molecule has 1 N–H and O–H groups in total. The predicted molar refractivity (Wildman–Crippen MR) is 17.9 cm³/mol. The Morgan fingerprint density at radius 2 is 2.50 bits per heavy atom. The predicted octanol–water partition coefficient (Wildman–Crippen LogP) is -0.0153. The summed E-state index contributed by atoms with van der Waals surface area (Å²) in [5, 5.41) is 15.3. The normalized spacial score (nSPS) is 6.50. The van der Waals surface area contributed by atoms with Crippen LogP contribution in [0.15, 0.2) is 0 Å². The minimum atomic E-state index is -1.07. The quantitative estimate of drug-likeness (QED) is 0.456. The van der Waals surface area contributed by atoms with Crippen molar-refractivity contribution in [1.29, 1.82) is 5.26 Å². The van der Waals surface area contributed by atoms with Gasteiger partial charge in [-0.1, -0.05) is 0 Å². The van der Waals surface area contributed by atoms with Gasteiger partial charge in [0.25, 0.3) is 0 Å². The van der Waals surface area contributed by atoms with E-state index in [-0.39, 0.29) is 0 Å². The van der Waals surface area contributed by atoms with Crippen molar-refractivity contribution in [3.63, 3.8) is 0 Å². The third-order valence-corrected chi connectivity index (χ3v) is 0.230. The fraction of sp³-hybridized carbons (Fsp3) is 0.333. The maximum Gasteiger partial charge on any atom is 0.317 e. The van der Waals surface area contributed by atoms with Crippen molar-refractivity contribution >= 4 is 5.97 Å². The molecule has 0 heterocycles. The van der Waals surface area contributed by atoms with Gasteiger partial charge in [-0.15, -0.1) is 0 Å². The molecule has 0 unspecified atom stereocenters. The van der Waals surface area contributed by atoms with Gasteiger partial charge in [0.2, 0.25) is 0 Å². The fourth-order valence-corrected chi connectivity index (χ4v) is 0.0676. The second kappa shape index (κ2) is 2.21. The first-order valence-electron chi connectivity index (χ1n) is 1.36. The Hall–Kier alpha value is -1.04. The molecule has 0 amide bonds. The highest BCUT2D eigenvalue weighted by Gasteiger charge is 1.87. The molecule has 0 aromatic rings. The van der Waals surface area contributed by atoms with Crippen molar-refractivity contribution in [2.45, 2.75) is 6.42 Å². The molecule has 0 saturated heterocycles. The van der Waals surface area contributed by atoms with Crippen molar-refractivity contribution in [2.75, 3.05) is 0 Å². The smallest absolute Gasteiger partial charge is 0.317 e. The zero-order valence-electron chi connectivity index (χ0n) is 3.01. The lowest BCUT2D eigenvalue weighted by Gasteiger charge is -1.70. The van der Waals surface area contributed by atoms with E-state index in [1.165, 1.54) is 6.07 Å². The number of nitriles is 1. The highest BCUT2D eigenvalue weighted by atomic mass is 16.4. The summed E-state index contributed by atoms with van der Waals surface area (Å²) < 4.78 is 0. The largest absolute Gasteiger partial charge is 0.480 e. The number of nitrogens with zero attached hydrogens (tertiary/aromatic N) is 1. The van der Waals surface area contributed by atoms with Crippen LogP contribution in [0, 0.1) is 11.3 Å². The minimum absolute atomic E-state index is 0.403. The summed E-state index contributed by atoms with van der Waals surface area (Å²) in [4.78, 5) is 9.38. The second-order valence-electron chi connectivity index (χ2n) is 0.729. The number of hydrogen-bond donors (Lipinski definition) is 1. The molecule has 0 aromatic heterocycles. The molecule has 0 rings (SSSR count). The monoisotopic (exact) mass is 86.0 g/mol. The molecule has 0 saturated carbocycles. The lowest BCUT2D eigenvalue weighted by molar-refractivity contribution is -0.135. The van der Waals surface area contributed by atoms with Gasteiger partial charge in [0.05, 0.1) is 6.07 Å². The van der Waals surface area contributed by atoms with Crippen LogP contribution in [0.4, 0.5) is 0 Å². The van der Waals surface area contributed by atoms with Gasteiger partial charge in [0.15, 0.2) is 0 Å². The molecule has 0 atom stereocenters. The summed E-state index contributed by atoms with van der Waals surface area (Å²) in [7, 11) is 0. The van der Waals surface area contributed by atoms with Gasteiger partial charge in [-0.3, -0.25) is 4.79 Å². The molecule has 32 valence electrons. The van der Waals surface area contributed by atoms with Crippen LogP contribution >= 0.6 is 0 Å². The van der Waals surface area contributed by atoms with Crippen LogP contribution in [-0.2, 0) is 4.79 Å². The van der Waals surface area contributed by atoms with E-state index in [2.05, 4.69) is 0 Å². The van der Waals surface area contributed by atoms with Gasteiger partial charge >= 0.3 is 5.97 Å². The summed E-state index contributed by atoms with van der Waals surface area (Å²) in [6, 6.07) is 1.47. The topological polar surface area (TPSA) is 61.1 Å². The Kier molecular flexibility index (Phi) is 1.83. The van der Waals surface area contributed by atoms with Crippen molar-refractivity contribution in [3.8, 4) is 6.07 Å². The molecule has 0 bridgehead atoms. The summed E-state index contributed by atoms with van der Waals surface area (Å²) in [6.45, 7) is 0. The SMILES string of the molecule is N#C[13CH2]C(=O)O. The molecule has 0 spiro atoms. The highest BCUT2D eigenvalue weighted by Crippen LogP contribution is 1.68. The summed E-state index contributed by atoms with van der Waals surface area (Å²) in [5.74, 6) is -1.07.